The van der Waals surface area contributed by atoms with Gasteiger partial charge < -0.3 is 10.2 Å². The zero-order chi connectivity index (χ0) is 12.3. The molecule has 1 unspecified atom stereocenters. The molecule has 94 valence electrons. The van der Waals surface area contributed by atoms with Gasteiger partial charge in [0.25, 0.3) is 0 Å². The van der Waals surface area contributed by atoms with Crippen molar-refractivity contribution in [3.05, 3.63) is 11.8 Å². The Balaban J connectivity index is 2.10. The Hall–Kier alpha value is -1.32. The van der Waals surface area contributed by atoms with Crippen LogP contribution in [-0.2, 0) is 0 Å². The summed E-state index contributed by atoms with van der Waals surface area (Å²) in [6.07, 6.45) is 3.91. The van der Waals surface area contributed by atoms with Gasteiger partial charge in [0, 0.05) is 31.9 Å². The summed E-state index contributed by atoms with van der Waals surface area (Å²) < 4.78 is 0. The summed E-state index contributed by atoms with van der Waals surface area (Å²) in [5.41, 5.74) is 1.03. The molecule has 4 nitrogen and oxygen atoms in total. The van der Waals surface area contributed by atoms with Gasteiger partial charge >= 0.3 is 0 Å². The normalized spacial score (nSPS) is 19.7. The molecule has 2 rings (SSSR count). The fourth-order valence-electron chi connectivity index (χ4n) is 2.51. The average Bonchev–Trinajstić information content (AvgIpc) is 2.77. The van der Waals surface area contributed by atoms with Crippen molar-refractivity contribution in [1.82, 2.24) is 9.97 Å². The molecule has 0 aliphatic carbocycles. The topological polar surface area (TPSA) is 41.1 Å². The highest BCUT2D eigenvalue weighted by molar-refractivity contribution is 5.45. The molecule has 1 N–H and O–H groups in total. The van der Waals surface area contributed by atoms with Gasteiger partial charge in [0.1, 0.15) is 5.82 Å². The fourth-order valence-corrected chi connectivity index (χ4v) is 2.51. The predicted octanol–water partition coefficient (Wildman–Crippen LogP) is 2.45. The second-order valence-corrected chi connectivity index (χ2v) is 4.83. The van der Waals surface area contributed by atoms with Crippen molar-refractivity contribution in [3.8, 4) is 0 Å². The lowest BCUT2D eigenvalue weighted by Crippen LogP contribution is -2.21. The van der Waals surface area contributed by atoms with Crippen LogP contribution >= 0.6 is 0 Å². The van der Waals surface area contributed by atoms with Crippen molar-refractivity contribution in [3.63, 3.8) is 0 Å². The van der Waals surface area contributed by atoms with Gasteiger partial charge in [0.2, 0.25) is 5.95 Å². The number of nitrogens with one attached hydrogen (secondary N) is 1. The fraction of sp³-hybridized carbons (Fsp3) is 0.692. The molecule has 0 aromatic carbocycles. The molecule has 0 radical (unpaired) electrons. The smallest absolute Gasteiger partial charge is 0.224 e. The third kappa shape index (κ3) is 2.87. The maximum atomic E-state index is 4.53. The molecule has 1 aliphatic rings. The van der Waals surface area contributed by atoms with Gasteiger partial charge in [0.15, 0.2) is 0 Å². The number of hydrogen-bond donors (Lipinski definition) is 1. The molecule has 1 aliphatic heterocycles. The lowest BCUT2D eigenvalue weighted by atomic mass is 10.0. The summed E-state index contributed by atoms with van der Waals surface area (Å²) in [6, 6.07) is 2.08. The van der Waals surface area contributed by atoms with E-state index in [9.17, 15) is 0 Å². The van der Waals surface area contributed by atoms with Gasteiger partial charge in [-0.15, -0.1) is 0 Å². The van der Waals surface area contributed by atoms with Crippen molar-refractivity contribution < 1.29 is 0 Å². The monoisotopic (exact) mass is 234 g/mol. The second-order valence-electron chi connectivity index (χ2n) is 4.83. The number of nitrogens with zero attached hydrogens (tertiary/aromatic N) is 3. The number of anilines is 2. The van der Waals surface area contributed by atoms with E-state index in [1.807, 2.05) is 14.0 Å². The molecule has 0 saturated carbocycles. The third-order valence-corrected chi connectivity index (χ3v) is 3.37. The molecule has 17 heavy (non-hydrogen) atoms. The van der Waals surface area contributed by atoms with Crippen LogP contribution in [0.3, 0.4) is 0 Å². The molecular formula is C13H22N4. The van der Waals surface area contributed by atoms with Crippen molar-refractivity contribution >= 4 is 11.8 Å². The predicted molar refractivity (Wildman–Crippen MR) is 71.5 cm³/mol. The molecular weight excluding hydrogens is 212 g/mol. The summed E-state index contributed by atoms with van der Waals surface area (Å²) in [6.45, 7) is 6.56. The van der Waals surface area contributed by atoms with Crippen molar-refractivity contribution in [2.45, 2.75) is 33.1 Å². The molecule has 1 atom stereocenters. The molecule has 0 spiro atoms. The van der Waals surface area contributed by atoms with E-state index in [-0.39, 0.29) is 0 Å². The quantitative estimate of drug-likeness (QED) is 0.869. The minimum atomic E-state index is 0.721. The van der Waals surface area contributed by atoms with Crippen LogP contribution in [0.15, 0.2) is 6.07 Å². The highest BCUT2D eigenvalue weighted by Crippen LogP contribution is 2.25. The second kappa shape index (κ2) is 5.34. The van der Waals surface area contributed by atoms with E-state index in [1.165, 1.54) is 19.3 Å². The first kappa shape index (κ1) is 12.1. The molecule has 0 bridgehead atoms. The SMILES string of the molecule is CCCC1CCN(c2cc(C)nc(NC)n2)C1. The Morgan fingerprint density at radius 2 is 2.29 bits per heavy atom. The number of aryl methyl sites for hydroxylation is 1. The summed E-state index contributed by atoms with van der Waals surface area (Å²) >= 11 is 0. The van der Waals surface area contributed by atoms with E-state index in [4.69, 9.17) is 0 Å². The molecule has 1 aromatic heterocycles. The minimum absolute atomic E-state index is 0.721. The first-order valence-corrected chi connectivity index (χ1v) is 6.51. The summed E-state index contributed by atoms with van der Waals surface area (Å²) in [5.74, 6) is 2.63. The van der Waals surface area contributed by atoms with Gasteiger partial charge in [0.05, 0.1) is 0 Å². The first-order valence-electron chi connectivity index (χ1n) is 6.51. The molecule has 1 saturated heterocycles. The van der Waals surface area contributed by atoms with E-state index in [0.717, 1.165) is 36.5 Å². The molecule has 2 heterocycles. The van der Waals surface area contributed by atoms with E-state index >= 15 is 0 Å². The van der Waals surface area contributed by atoms with Crippen LogP contribution in [-0.4, -0.2) is 30.1 Å². The van der Waals surface area contributed by atoms with E-state index in [1.54, 1.807) is 0 Å². The first-order chi connectivity index (χ1) is 8.22. The lowest BCUT2D eigenvalue weighted by Gasteiger charge is -2.18. The van der Waals surface area contributed by atoms with Gasteiger partial charge in [-0.3, -0.25) is 0 Å². The van der Waals surface area contributed by atoms with E-state index in [0.29, 0.717) is 0 Å². The van der Waals surface area contributed by atoms with Gasteiger partial charge in [-0.2, -0.15) is 4.98 Å². The van der Waals surface area contributed by atoms with Gasteiger partial charge in [-0.05, 0) is 25.7 Å². The summed E-state index contributed by atoms with van der Waals surface area (Å²) in [7, 11) is 1.86. The highest BCUT2D eigenvalue weighted by Gasteiger charge is 2.23. The van der Waals surface area contributed by atoms with Crippen molar-refractivity contribution in [2.24, 2.45) is 5.92 Å². The zero-order valence-corrected chi connectivity index (χ0v) is 11.0. The van der Waals surface area contributed by atoms with Gasteiger partial charge in [-0.1, -0.05) is 13.3 Å². The Labute approximate surface area is 103 Å². The standard InChI is InChI=1S/C13H22N4/c1-4-5-11-6-7-17(9-11)12-8-10(2)15-13(14-3)16-12/h8,11H,4-7,9H2,1-3H3,(H,14,15,16). The highest BCUT2D eigenvalue weighted by atomic mass is 15.2. The van der Waals surface area contributed by atoms with Crippen LogP contribution < -0.4 is 10.2 Å². The van der Waals surface area contributed by atoms with E-state index in [2.05, 4.69) is 33.2 Å². The number of rotatable bonds is 4. The molecule has 0 amide bonds. The van der Waals surface area contributed by atoms with Crippen LogP contribution in [0.4, 0.5) is 11.8 Å². The zero-order valence-electron chi connectivity index (χ0n) is 11.0. The van der Waals surface area contributed by atoms with Crippen LogP contribution in [0.1, 0.15) is 31.9 Å². The maximum Gasteiger partial charge on any atom is 0.224 e. The van der Waals surface area contributed by atoms with Crippen LogP contribution in [0.5, 0.6) is 0 Å². The Bertz CT molecular complexity index is 378. The lowest BCUT2D eigenvalue weighted by molar-refractivity contribution is 0.529. The van der Waals surface area contributed by atoms with Crippen molar-refractivity contribution in [2.75, 3.05) is 30.4 Å². The van der Waals surface area contributed by atoms with Crippen LogP contribution in [0, 0.1) is 12.8 Å². The molecule has 1 aromatic rings. The number of hydrogen-bond acceptors (Lipinski definition) is 4. The Morgan fingerprint density at radius 1 is 1.47 bits per heavy atom. The average molecular weight is 234 g/mol. The Morgan fingerprint density at radius 3 is 3.00 bits per heavy atom. The van der Waals surface area contributed by atoms with Crippen LogP contribution in [0.25, 0.3) is 0 Å². The van der Waals surface area contributed by atoms with E-state index < -0.39 is 0 Å². The summed E-state index contributed by atoms with van der Waals surface area (Å²) in [4.78, 5) is 11.2. The Kier molecular flexibility index (Phi) is 3.82. The molecule has 1 fully saturated rings. The third-order valence-electron chi connectivity index (χ3n) is 3.37. The maximum absolute atomic E-state index is 4.53. The minimum Gasteiger partial charge on any atom is -0.357 e. The van der Waals surface area contributed by atoms with Crippen LogP contribution in [0.2, 0.25) is 0 Å². The summed E-state index contributed by atoms with van der Waals surface area (Å²) in [5, 5.41) is 3.02. The largest absolute Gasteiger partial charge is 0.357 e. The number of aromatic nitrogens is 2. The molecule has 4 heteroatoms. The van der Waals surface area contributed by atoms with Gasteiger partial charge in [-0.25, -0.2) is 4.98 Å². The van der Waals surface area contributed by atoms with Crippen molar-refractivity contribution in [1.29, 1.82) is 0 Å².